The second kappa shape index (κ2) is 4.62. The molecule has 1 aromatic carbocycles. The molecule has 0 fully saturated rings. The van der Waals surface area contributed by atoms with Gasteiger partial charge in [-0.15, -0.1) is 0 Å². The Morgan fingerprint density at radius 3 is 2.63 bits per heavy atom. The van der Waals surface area contributed by atoms with E-state index in [-0.39, 0.29) is 5.60 Å². The van der Waals surface area contributed by atoms with Gasteiger partial charge in [0, 0.05) is 13.0 Å². The van der Waals surface area contributed by atoms with Crippen LogP contribution in [0.2, 0.25) is 0 Å². The molecule has 0 aliphatic heterocycles. The van der Waals surface area contributed by atoms with Gasteiger partial charge < -0.3 is 4.74 Å². The third kappa shape index (κ3) is 2.05. The van der Waals surface area contributed by atoms with Crippen molar-refractivity contribution in [1.29, 1.82) is 0 Å². The lowest BCUT2D eigenvalue weighted by Crippen LogP contribution is -2.31. The lowest BCUT2D eigenvalue weighted by molar-refractivity contribution is 0.0136. The molecule has 0 N–H and O–H groups in total. The maximum absolute atomic E-state index is 5.77. The fourth-order valence-corrected chi connectivity index (χ4v) is 3.53. The van der Waals surface area contributed by atoms with Crippen LogP contribution < -0.4 is 0 Å². The quantitative estimate of drug-likeness (QED) is 0.777. The van der Waals surface area contributed by atoms with Gasteiger partial charge in [0.1, 0.15) is 0 Å². The highest BCUT2D eigenvalue weighted by atomic mass is 32.1. The van der Waals surface area contributed by atoms with Crippen LogP contribution in [0.5, 0.6) is 0 Å². The van der Waals surface area contributed by atoms with Crippen molar-refractivity contribution in [3.8, 4) is 0 Å². The highest BCUT2D eigenvalue weighted by Crippen LogP contribution is 2.48. The molecule has 0 bridgehead atoms. The summed E-state index contributed by atoms with van der Waals surface area (Å²) in [5.74, 6) is 0.295. The van der Waals surface area contributed by atoms with Gasteiger partial charge in [-0.1, -0.05) is 30.3 Å². The van der Waals surface area contributed by atoms with Crippen molar-refractivity contribution in [2.24, 2.45) is 0 Å². The Morgan fingerprint density at radius 1 is 1.16 bits per heavy atom. The normalized spacial score (nSPS) is 18.3. The molecule has 1 aromatic heterocycles. The Hall–Kier alpha value is -1.38. The minimum Gasteiger partial charge on any atom is -0.378 e. The first-order valence-corrected chi connectivity index (χ1v) is 7.46. The molecule has 1 heterocycles. The molecule has 0 amide bonds. The highest BCUT2D eigenvalue weighted by molar-refractivity contribution is 7.08. The number of thiophene rings is 1. The fourth-order valence-electron chi connectivity index (χ4n) is 2.87. The van der Waals surface area contributed by atoms with E-state index in [1.807, 2.05) is 0 Å². The molecule has 98 valence electrons. The van der Waals surface area contributed by atoms with Crippen molar-refractivity contribution in [3.63, 3.8) is 0 Å². The summed E-state index contributed by atoms with van der Waals surface area (Å²) in [6.45, 7) is 4.33. The van der Waals surface area contributed by atoms with E-state index in [2.05, 4.69) is 61.0 Å². The monoisotopic (exact) mass is 270 g/mol. The third-order valence-corrected chi connectivity index (χ3v) is 4.69. The Bertz CT molecular complexity index is 608. The van der Waals surface area contributed by atoms with Gasteiger partial charge in [0.25, 0.3) is 0 Å². The molecule has 0 spiro atoms. The van der Waals surface area contributed by atoms with Gasteiger partial charge in [0.2, 0.25) is 0 Å². The van der Waals surface area contributed by atoms with Crippen molar-refractivity contribution in [2.45, 2.75) is 25.4 Å². The van der Waals surface area contributed by atoms with Crippen LogP contribution in [-0.4, -0.2) is 12.7 Å². The van der Waals surface area contributed by atoms with E-state index in [1.54, 1.807) is 18.4 Å². The van der Waals surface area contributed by atoms with Gasteiger partial charge in [0.15, 0.2) is 0 Å². The third-order valence-electron chi connectivity index (χ3n) is 4.00. The molecule has 1 nitrogen and oxygen atoms in total. The number of methoxy groups -OCH3 is 1. The van der Waals surface area contributed by atoms with Crippen molar-refractivity contribution in [3.05, 3.63) is 57.8 Å². The molecule has 0 radical (unpaired) electrons. The number of rotatable bonds is 3. The Morgan fingerprint density at radius 2 is 1.95 bits per heavy atom. The van der Waals surface area contributed by atoms with E-state index in [0.29, 0.717) is 5.92 Å². The summed E-state index contributed by atoms with van der Waals surface area (Å²) < 4.78 is 5.77. The summed E-state index contributed by atoms with van der Waals surface area (Å²) in [6.07, 6.45) is 2.31. The van der Waals surface area contributed by atoms with E-state index in [1.165, 1.54) is 22.3 Å². The zero-order valence-corrected chi connectivity index (χ0v) is 12.3. The summed E-state index contributed by atoms with van der Waals surface area (Å²) in [6, 6.07) is 10.8. The van der Waals surface area contributed by atoms with E-state index < -0.39 is 0 Å². The average molecular weight is 270 g/mol. The highest BCUT2D eigenvalue weighted by Gasteiger charge is 2.38. The number of hydrogen-bond donors (Lipinski definition) is 0. The minimum atomic E-state index is -0.208. The molecular formula is C17H18OS. The van der Waals surface area contributed by atoms with E-state index >= 15 is 0 Å². The molecule has 0 saturated carbocycles. The van der Waals surface area contributed by atoms with E-state index in [9.17, 15) is 0 Å². The van der Waals surface area contributed by atoms with Crippen LogP contribution in [0.15, 0.2) is 41.1 Å². The smallest absolute Gasteiger partial charge is 0.0731 e. The SMILES string of the molecule is COC(C)(C)C1C(c2ccsc2)=Cc2ccccc21. The summed E-state index contributed by atoms with van der Waals surface area (Å²) in [7, 11) is 1.80. The molecular weight excluding hydrogens is 252 g/mol. The molecule has 3 rings (SSSR count). The number of benzene rings is 1. The summed E-state index contributed by atoms with van der Waals surface area (Å²) in [5.41, 5.74) is 5.17. The van der Waals surface area contributed by atoms with Crippen molar-refractivity contribution < 1.29 is 4.74 Å². The molecule has 2 aromatic rings. The predicted octanol–water partition coefficient (Wildman–Crippen LogP) is 4.81. The first kappa shape index (κ1) is 12.6. The minimum absolute atomic E-state index is 0.208. The van der Waals surface area contributed by atoms with Gasteiger partial charge in [-0.3, -0.25) is 0 Å². The largest absolute Gasteiger partial charge is 0.378 e. The Kier molecular flexibility index (Phi) is 3.08. The number of ether oxygens (including phenoxy) is 1. The van der Waals surface area contributed by atoms with Gasteiger partial charge in [0.05, 0.1) is 5.60 Å². The molecule has 1 atom stereocenters. The van der Waals surface area contributed by atoms with E-state index in [0.717, 1.165) is 0 Å². The van der Waals surface area contributed by atoms with Crippen LogP contribution in [0, 0.1) is 0 Å². The Labute approximate surface area is 118 Å². The fraction of sp³-hybridized carbons (Fsp3) is 0.294. The van der Waals surface area contributed by atoms with Crippen molar-refractivity contribution in [1.82, 2.24) is 0 Å². The predicted molar refractivity (Wildman–Crippen MR) is 82.5 cm³/mol. The first-order chi connectivity index (χ1) is 9.13. The van der Waals surface area contributed by atoms with Gasteiger partial charge >= 0.3 is 0 Å². The molecule has 19 heavy (non-hydrogen) atoms. The average Bonchev–Trinajstić information content (AvgIpc) is 3.05. The second-order valence-electron chi connectivity index (χ2n) is 5.48. The summed E-state index contributed by atoms with van der Waals surface area (Å²) in [5, 5.41) is 4.35. The molecule has 0 saturated heterocycles. The van der Waals surface area contributed by atoms with Crippen LogP contribution in [0.25, 0.3) is 11.6 Å². The van der Waals surface area contributed by atoms with Gasteiger partial charge in [-0.2, -0.15) is 11.3 Å². The maximum atomic E-state index is 5.77. The van der Waals surface area contributed by atoms with Crippen LogP contribution in [0.4, 0.5) is 0 Å². The summed E-state index contributed by atoms with van der Waals surface area (Å²) >= 11 is 1.74. The zero-order chi connectivity index (χ0) is 13.5. The van der Waals surface area contributed by atoms with E-state index in [4.69, 9.17) is 4.74 Å². The number of fused-ring (bicyclic) bond motifs is 1. The van der Waals surface area contributed by atoms with Crippen molar-refractivity contribution in [2.75, 3.05) is 7.11 Å². The van der Waals surface area contributed by atoms with Crippen LogP contribution in [0.1, 0.15) is 36.5 Å². The molecule has 1 aliphatic rings. The van der Waals surface area contributed by atoms with Crippen LogP contribution in [0.3, 0.4) is 0 Å². The van der Waals surface area contributed by atoms with Crippen LogP contribution in [-0.2, 0) is 4.74 Å². The van der Waals surface area contributed by atoms with Gasteiger partial charge in [-0.25, -0.2) is 0 Å². The zero-order valence-electron chi connectivity index (χ0n) is 11.5. The molecule has 2 heteroatoms. The van der Waals surface area contributed by atoms with Gasteiger partial charge in [-0.05, 0) is 52.9 Å². The van der Waals surface area contributed by atoms with Crippen molar-refractivity contribution >= 4 is 23.0 Å². The van der Waals surface area contributed by atoms with Crippen LogP contribution >= 0.6 is 11.3 Å². The Balaban J connectivity index is 2.15. The topological polar surface area (TPSA) is 9.23 Å². The lowest BCUT2D eigenvalue weighted by atomic mass is 9.80. The molecule has 1 aliphatic carbocycles. The maximum Gasteiger partial charge on any atom is 0.0731 e. The lowest BCUT2D eigenvalue weighted by Gasteiger charge is -2.33. The standard InChI is InChI=1S/C17H18OS/c1-17(2,18-3)16-14-7-5-4-6-12(14)10-15(16)13-8-9-19-11-13/h4-11,16H,1-3H3. The molecule has 1 unspecified atom stereocenters. The second-order valence-corrected chi connectivity index (χ2v) is 6.26. The summed E-state index contributed by atoms with van der Waals surface area (Å²) in [4.78, 5) is 0. The first-order valence-electron chi connectivity index (χ1n) is 6.52. The number of hydrogen-bond acceptors (Lipinski definition) is 2.